The Bertz CT molecular complexity index is 351. The second kappa shape index (κ2) is 2.47. The lowest BCUT2D eigenvalue weighted by molar-refractivity contribution is -0.121. The van der Waals surface area contributed by atoms with Gasteiger partial charge in [-0.05, 0) is 30.4 Å². The van der Waals surface area contributed by atoms with Crippen LogP contribution in [0.2, 0.25) is 0 Å². The van der Waals surface area contributed by atoms with Crippen LogP contribution in [0.5, 0.6) is 0 Å². The van der Waals surface area contributed by atoms with Gasteiger partial charge in [0.25, 0.3) is 0 Å². The van der Waals surface area contributed by atoms with Gasteiger partial charge in [-0.3, -0.25) is 4.79 Å². The van der Waals surface area contributed by atoms with Crippen LogP contribution in [0.1, 0.15) is 24.2 Å². The van der Waals surface area contributed by atoms with E-state index in [2.05, 4.69) is 0 Å². The number of Topliss-reactive ketones (excluding diaryl/α,β-unsaturated/α-hetero) is 1. The highest BCUT2D eigenvalue weighted by Crippen LogP contribution is 2.39. The van der Waals surface area contributed by atoms with Crippen LogP contribution in [-0.4, -0.2) is 5.78 Å². The predicted octanol–water partition coefficient (Wildman–Crippen LogP) is 1.97. The minimum Gasteiger partial charge on any atom is -0.469 e. The van der Waals surface area contributed by atoms with E-state index in [1.54, 1.807) is 6.26 Å². The van der Waals surface area contributed by atoms with E-state index in [0.29, 0.717) is 11.7 Å². The highest BCUT2D eigenvalue weighted by atomic mass is 16.3. The molecule has 0 radical (unpaired) electrons. The van der Waals surface area contributed by atoms with Gasteiger partial charge in [-0.1, -0.05) is 0 Å². The topological polar surface area (TPSA) is 30.2 Å². The van der Waals surface area contributed by atoms with Crippen LogP contribution in [-0.2, 0) is 17.6 Å². The molecule has 13 heavy (non-hydrogen) atoms. The van der Waals surface area contributed by atoms with E-state index in [0.717, 1.165) is 31.4 Å². The van der Waals surface area contributed by atoms with Crippen molar-refractivity contribution in [2.45, 2.75) is 25.7 Å². The summed E-state index contributed by atoms with van der Waals surface area (Å²) in [6.45, 7) is 0. The van der Waals surface area contributed by atoms with Crippen molar-refractivity contribution in [1.82, 2.24) is 0 Å². The van der Waals surface area contributed by atoms with E-state index >= 15 is 0 Å². The minimum absolute atomic E-state index is 0.277. The SMILES string of the molecule is O=C1CC[C@@H]2Cc3ccoc3C[C@@H]12. The highest BCUT2D eigenvalue weighted by molar-refractivity contribution is 5.84. The maximum atomic E-state index is 11.5. The molecule has 0 N–H and O–H groups in total. The molecule has 0 aromatic carbocycles. The molecule has 68 valence electrons. The van der Waals surface area contributed by atoms with Gasteiger partial charge in [0.15, 0.2) is 0 Å². The molecule has 1 aromatic heterocycles. The van der Waals surface area contributed by atoms with Crippen molar-refractivity contribution < 1.29 is 9.21 Å². The van der Waals surface area contributed by atoms with Crippen LogP contribution in [0.4, 0.5) is 0 Å². The summed E-state index contributed by atoms with van der Waals surface area (Å²) in [4.78, 5) is 11.5. The fourth-order valence-corrected chi connectivity index (χ4v) is 2.71. The number of rotatable bonds is 0. The first-order chi connectivity index (χ1) is 6.34. The summed E-state index contributed by atoms with van der Waals surface area (Å²) in [7, 11) is 0. The van der Waals surface area contributed by atoms with Gasteiger partial charge in [-0.15, -0.1) is 0 Å². The summed E-state index contributed by atoms with van der Waals surface area (Å²) in [6.07, 6.45) is 5.54. The molecular formula is C11H12O2. The third kappa shape index (κ3) is 0.978. The molecule has 0 amide bonds. The standard InChI is InChI=1S/C11H12O2/c12-10-2-1-7-5-8-3-4-13-11(8)6-9(7)10/h3-4,7,9H,1-2,5-6H2/t7-,9-/m1/s1. The maximum absolute atomic E-state index is 11.5. The fraction of sp³-hybridized carbons (Fsp3) is 0.545. The van der Waals surface area contributed by atoms with Crippen molar-refractivity contribution in [3.8, 4) is 0 Å². The molecule has 0 spiro atoms. The number of ketones is 1. The molecule has 1 saturated carbocycles. The maximum Gasteiger partial charge on any atom is 0.136 e. The molecule has 2 aliphatic rings. The van der Waals surface area contributed by atoms with Gasteiger partial charge >= 0.3 is 0 Å². The largest absolute Gasteiger partial charge is 0.469 e. The van der Waals surface area contributed by atoms with E-state index in [9.17, 15) is 4.79 Å². The third-order valence-electron chi connectivity index (χ3n) is 3.47. The van der Waals surface area contributed by atoms with E-state index in [1.165, 1.54) is 5.56 Å². The van der Waals surface area contributed by atoms with Gasteiger partial charge in [-0.25, -0.2) is 0 Å². The Morgan fingerprint density at radius 1 is 1.38 bits per heavy atom. The van der Waals surface area contributed by atoms with Gasteiger partial charge in [0.05, 0.1) is 6.26 Å². The average molecular weight is 176 g/mol. The van der Waals surface area contributed by atoms with Gasteiger partial charge in [0.2, 0.25) is 0 Å². The molecule has 2 heteroatoms. The van der Waals surface area contributed by atoms with E-state index in [1.807, 2.05) is 6.07 Å². The summed E-state index contributed by atoms with van der Waals surface area (Å²) in [5.41, 5.74) is 1.33. The first-order valence-corrected chi connectivity index (χ1v) is 4.92. The number of furan rings is 1. The molecule has 0 bridgehead atoms. The smallest absolute Gasteiger partial charge is 0.136 e. The molecule has 1 fully saturated rings. The van der Waals surface area contributed by atoms with Crippen LogP contribution in [0, 0.1) is 11.8 Å². The lowest BCUT2D eigenvalue weighted by Gasteiger charge is -2.22. The van der Waals surface area contributed by atoms with Crippen LogP contribution in [0.3, 0.4) is 0 Å². The Kier molecular flexibility index (Phi) is 1.40. The predicted molar refractivity (Wildman–Crippen MR) is 47.3 cm³/mol. The second-order valence-electron chi connectivity index (χ2n) is 4.15. The van der Waals surface area contributed by atoms with Crippen molar-refractivity contribution in [2.75, 3.05) is 0 Å². The van der Waals surface area contributed by atoms with Crippen molar-refractivity contribution in [3.05, 3.63) is 23.7 Å². The molecule has 0 saturated heterocycles. The summed E-state index contributed by atoms with van der Waals surface area (Å²) < 4.78 is 5.36. The van der Waals surface area contributed by atoms with Crippen molar-refractivity contribution in [3.63, 3.8) is 0 Å². The highest BCUT2D eigenvalue weighted by Gasteiger charge is 2.39. The van der Waals surface area contributed by atoms with Gasteiger partial charge in [-0.2, -0.15) is 0 Å². The Morgan fingerprint density at radius 2 is 2.31 bits per heavy atom. The number of hydrogen-bond donors (Lipinski definition) is 0. The second-order valence-corrected chi connectivity index (χ2v) is 4.15. The number of hydrogen-bond acceptors (Lipinski definition) is 2. The minimum atomic E-state index is 0.277. The Morgan fingerprint density at radius 3 is 3.23 bits per heavy atom. The molecule has 3 rings (SSSR count). The number of fused-ring (bicyclic) bond motifs is 2. The number of carbonyl (C=O) groups is 1. The quantitative estimate of drug-likeness (QED) is 0.605. The first-order valence-electron chi connectivity index (χ1n) is 4.92. The van der Waals surface area contributed by atoms with E-state index in [-0.39, 0.29) is 5.92 Å². The number of carbonyl (C=O) groups excluding carboxylic acids is 1. The van der Waals surface area contributed by atoms with Gasteiger partial charge in [0, 0.05) is 18.8 Å². The van der Waals surface area contributed by atoms with Gasteiger partial charge in [0.1, 0.15) is 11.5 Å². The van der Waals surface area contributed by atoms with Gasteiger partial charge < -0.3 is 4.42 Å². The Hall–Kier alpha value is -1.05. The van der Waals surface area contributed by atoms with Crippen LogP contribution < -0.4 is 0 Å². The third-order valence-corrected chi connectivity index (χ3v) is 3.47. The van der Waals surface area contributed by atoms with E-state index in [4.69, 9.17) is 4.42 Å². The van der Waals surface area contributed by atoms with Crippen LogP contribution in [0.15, 0.2) is 16.7 Å². The molecule has 2 aliphatic carbocycles. The monoisotopic (exact) mass is 176 g/mol. The zero-order chi connectivity index (χ0) is 8.84. The lowest BCUT2D eigenvalue weighted by atomic mass is 9.81. The molecule has 0 aliphatic heterocycles. The molecule has 2 atom stereocenters. The summed E-state index contributed by atoms with van der Waals surface area (Å²) in [6, 6.07) is 2.05. The molecule has 0 unspecified atom stereocenters. The van der Waals surface area contributed by atoms with E-state index < -0.39 is 0 Å². The molecule has 1 heterocycles. The Labute approximate surface area is 76.9 Å². The Balaban J connectivity index is 1.98. The summed E-state index contributed by atoms with van der Waals surface area (Å²) in [5, 5.41) is 0. The first kappa shape index (κ1) is 7.36. The zero-order valence-electron chi connectivity index (χ0n) is 7.45. The van der Waals surface area contributed by atoms with Crippen LogP contribution >= 0.6 is 0 Å². The normalized spacial score (nSPS) is 31.5. The molecule has 1 aromatic rings. The zero-order valence-corrected chi connectivity index (χ0v) is 7.45. The average Bonchev–Trinajstić information content (AvgIpc) is 2.70. The molecule has 2 nitrogen and oxygen atoms in total. The van der Waals surface area contributed by atoms with Crippen molar-refractivity contribution in [1.29, 1.82) is 0 Å². The lowest BCUT2D eigenvalue weighted by Crippen LogP contribution is -2.23. The summed E-state index contributed by atoms with van der Waals surface area (Å²) in [5.74, 6) is 2.39. The van der Waals surface area contributed by atoms with Crippen LogP contribution in [0.25, 0.3) is 0 Å². The van der Waals surface area contributed by atoms with Crippen molar-refractivity contribution in [2.24, 2.45) is 11.8 Å². The molecular weight excluding hydrogens is 164 g/mol. The van der Waals surface area contributed by atoms with Crippen molar-refractivity contribution >= 4 is 5.78 Å². The summed E-state index contributed by atoms with van der Waals surface area (Å²) >= 11 is 0. The fourth-order valence-electron chi connectivity index (χ4n) is 2.71.